The molecule has 0 unspecified atom stereocenters. The molecule has 1 aromatic heterocycles. The summed E-state index contributed by atoms with van der Waals surface area (Å²) in [4.78, 5) is 6.58. The first-order valence-electron chi connectivity index (χ1n) is 4.95. The smallest absolute Gasteiger partial charge is 0.240 e. The predicted octanol–water partition coefficient (Wildman–Crippen LogP) is 1.20. The largest absolute Gasteiger partial charge is 0.338 e. The Labute approximate surface area is 76.9 Å². The molecule has 13 heavy (non-hydrogen) atoms. The summed E-state index contributed by atoms with van der Waals surface area (Å²) in [6, 6.07) is 1.58. The van der Waals surface area contributed by atoms with Gasteiger partial charge in [0, 0.05) is 12.1 Å². The first-order valence-corrected chi connectivity index (χ1v) is 4.95. The molecule has 0 radical (unpaired) electrons. The fourth-order valence-electron chi connectivity index (χ4n) is 2.70. The summed E-state index contributed by atoms with van der Waals surface area (Å²) < 4.78 is 5.02. The Morgan fingerprint density at radius 2 is 2.00 bits per heavy atom. The molecule has 4 nitrogen and oxygen atoms in total. The van der Waals surface area contributed by atoms with E-state index in [9.17, 15) is 0 Å². The van der Waals surface area contributed by atoms with Crippen LogP contribution in [0.1, 0.15) is 31.6 Å². The molecule has 3 heterocycles. The second-order valence-corrected chi connectivity index (χ2v) is 3.97. The molecule has 2 aliphatic heterocycles. The highest BCUT2D eigenvalue weighted by Crippen LogP contribution is 2.37. The topological polar surface area (TPSA) is 42.2 Å². The third-order valence-electron chi connectivity index (χ3n) is 3.33. The van der Waals surface area contributed by atoms with Crippen LogP contribution in [0.25, 0.3) is 0 Å². The quantitative estimate of drug-likeness (QED) is 0.684. The molecule has 2 saturated heterocycles. The molecule has 0 saturated carbocycles. The highest BCUT2D eigenvalue weighted by atomic mass is 16.5. The Bertz CT molecular complexity index is 265. The predicted molar refractivity (Wildman–Crippen MR) is 45.9 cm³/mol. The van der Waals surface area contributed by atoms with E-state index in [1.54, 1.807) is 0 Å². The Balaban J connectivity index is 1.73. The molecule has 0 spiro atoms. The molecule has 2 aliphatic rings. The molecule has 2 fully saturated rings. The number of hydrogen-bond acceptors (Lipinski definition) is 4. The highest BCUT2D eigenvalue weighted by Gasteiger charge is 2.39. The third kappa shape index (κ3) is 1.16. The van der Waals surface area contributed by atoms with E-state index in [2.05, 4.69) is 15.0 Å². The van der Waals surface area contributed by atoms with Crippen LogP contribution in [0, 0.1) is 0 Å². The summed E-state index contributed by atoms with van der Waals surface area (Å²) in [6.45, 7) is 0.856. The van der Waals surface area contributed by atoms with Gasteiger partial charge >= 0.3 is 0 Å². The van der Waals surface area contributed by atoms with Crippen LogP contribution >= 0.6 is 0 Å². The Hall–Kier alpha value is -0.900. The van der Waals surface area contributed by atoms with Gasteiger partial charge in [0.15, 0.2) is 6.33 Å². The first-order chi connectivity index (χ1) is 6.43. The Morgan fingerprint density at radius 3 is 2.54 bits per heavy atom. The summed E-state index contributed by atoms with van der Waals surface area (Å²) in [7, 11) is 0. The van der Waals surface area contributed by atoms with Crippen molar-refractivity contribution in [3.63, 3.8) is 0 Å². The van der Waals surface area contributed by atoms with Crippen molar-refractivity contribution in [2.75, 3.05) is 0 Å². The summed E-state index contributed by atoms with van der Waals surface area (Å²) >= 11 is 0. The number of nitrogens with zero attached hydrogens (tertiary/aromatic N) is 3. The van der Waals surface area contributed by atoms with E-state index >= 15 is 0 Å². The van der Waals surface area contributed by atoms with Crippen molar-refractivity contribution in [3.05, 3.63) is 12.2 Å². The molecule has 0 atom stereocenters. The Morgan fingerprint density at radius 1 is 1.31 bits per heavy atom. The highest BCUT2D eigenvalue weighted by molar-refractivity contribution is 4.96. The van der Waals surface area contributed by atoms with Crippen LogP contribution < -0.4 is 0 Å². The molecule has 0 aromatic carbocycles. The third-order valence-corrected chi connectivity index (χ3v) is 3.33. The SMILES string of the molecule is c1noc(CN2C3CCC2CC3)n1. The van der Waals surface area contributed by atoms with Gasteiger partial charge in [-0.3, -0.25) is 4.90 Å². The molecular formula is C9H13N3O. The summed E-state index contributed by atoms with van der Waals surface area (Å²) in [5.41, 5.74) is 0. The van der Waals surface area contributed by atoms with Crippen molar-refractivity contribution in [2.24, 2.45) is 0 Å². The lowest BCUT2D eigenvalue weighted by atomic mass is 10.0. The minimum absolute atomic E-state index is 0.763. The number of aromatic nitrogens is 2. The van der Waals surface area contributed by atoms with Gasteiger partial charge in [0.2, 0.25) is 5.89 Å². The first kappa shape index (κ1) is 7.50. The summed E-state index contributed by atoms with van der Waals surface area (Å²) in [5, 5.41) is 3.62. The number of rotatable bonds is 2. The Kier molecular flexibility index (Phi) is 1.62. The van der Waals surface area contributed by atoms with Crippen LogP contribution in [0.5, 0.6) is 0 Å². The lowest BCUT2D eigenvalue weighted by Crippen LogP contribution is -2.27. The number of hydrogen-bond donors (Lipinski definition) is 0. The minimum atomic E-state index is 0.763. The zero-order valence-corrected chi connectivity index (χ0v) is 7.52. The van der Waals surface area contributed by atoms with Crippen molar-refractivity contribution < 1.29 is 4.52 Å². The zero-order valence-electron chi connectivity index (χ0n) is 7.52. The fourth-order valence-corrected chi connectivity index (χ4v) is 2.70. The van der Waals surface area contributed by atoms with Crippen LogP contribution in [0.3, 0.4) is 0 Å². The molecule has 0 N–H and O–H groups in total. The maximum absolute atomic E-state index is 5.02. The lowest BCUT2D eigenvalue weighted by Gasteiger charge is -2.18. The van der Waals surface area contributed by atoms with Crippen LogP contribution in [0.15, 0.2) is 10.9 Å². The average Bonchev–Trinajstić information content (AvgIpc) is 2.85. The van der Waals surface area contributed by atoms with Gasteiger partial charge in [-0.05, 0) is 25.7 Å². The van der Waals surface area contributed by atoms with Gasteiger partial charge in [-0.25, -0.2) is 0 Å². The second-order valence-electron chi connectivity index (χ2n) is 3.97. The van der Waals surface area contributed by atoms with Crippen molar-refractivity contribution in [1.29, 1.82) is 0 Å². The molecule has 0 aliphatic carbocycles. The van der Waals surface area contributed by atoms with E-state index in [1.165, 1.54) is 32.0 Å². The number of fused-ring (bicyclic) bond motifs is 2. The van der Waals surface area contributed by atoms with Crippen LogP contribution in [0.2, 0.25) is 0 Å². The molecule has 0 amide bonds. The molecule has 1 aromatic rings. The van der Waals surface area contributed by atoms with E-state index in [-0.39, 0.29) is 0 Å². The van der Waals surface area contributed by atoms with Crippen LogP contribution in [-0.2, 0) is 6.54 Å². The van der Waals surface area contributed by atoms with Gasteiger partial charge < -0.3 is 4.52 Å². The van der Waals surface area contributed by atoms with Gasteiger partial charge in [-0.15, -0.1) is 0 Å². The monoisotopic (exact) mass is 179 g/mol. The maximum Gasteiger partial charge on any atom is 0.240 e. The molecule has 3 rings (SSSR count). The standard InChI is InChI=1S/C9H13N3O/c1-2-8-4-3-7(1)12(8)5-9-10-6-11-13-9/h6-8H,1-5H2. The normalized spacial score (nSPS) is 32.9. The van der Waals surface area contributed by atoms with Gasteiger partial charge in [-0.2, -0.15) is 4.98 Å². The van der Waals surface area contributed by atoms with E-state index in [0.717, 1.165) is 24.5 Å². The van der Waals surface area contributed by atoms with Crippen LogP contribution in [-0.4, -0.2) is 27.1 Å². The average molecular weight is 179 g/mol. The molecular weight excluding hydrogens is 166 g/mol. The van der Waals surface area contributed by atoms with Gasteiger partial charge in [0.1, 0.15) is 0 Å². The van der Waals surface area contributed by atoms with Crippen LogP contribution in [0.4, 0.5) is 0 Å². The van der Waals surface area contributed by atoms with E-state index in [1.807, 2.05) is 0 Å². The maximum atomic E-state index is 5.02. The fraction of sp³-hybridized carbons (Fsp3) is 0.778. The molecule has 70 valence electrons. The minimum Gasteiger partial charge on any atom is -0.338 e. The van der Waals surface area contributed by atoms with Crippen molar-refractivity contribution in [2.45, 2.75) is 44.3 Å². The van der Waals surface area contributed by atoms with Gasteiger partial charge in [0.25, 0.3) is 0 Å². The lowest BCUT2D eigenvalue weighted by molar-refractivity contribution is 0.208. The summed E-state index contributed by atoms with van der Waals surface area (Å²) in [5.74, 6) is 0.763. The van der Waals surface area contributed by atoms with Crippen molar-refractivity contribution in [3.8, 4) is 0 Å². The molecule has 2 bridgehead atoms. The van der Waals surface area contributed by atoms with E-state index < -0.39 is 0 Å². The van der Waals surface area contributed by atoms with Gasteiger partial charge in [-0.1, -0.05) is 5.16 Å². The molecule has 4 heteroatoms. The zero-order chi connectivity index (χ0) is 8.67. The van der Waals surface area contributed by atoms with E-state index in [4.69, 9.17) is 4.52 Å². The van der Waals surface area contributed by atoms with E-state index in [0.29, 0.717) is 0 Å². The van der Waals surface area contributed by atoms with Gasteiger partial charge in [0.05, 0.1) is 6.54 Å². The second kappa shape index (κ2) is 2.80. The van der Waals surface area contributed by atoms with Crippen molar-refractivity contribution >= 4 is 0 Å². The van der Waals surface area contributed by atoms with Crippen molar-refractivity contribution in [1.82, 2.24) is 15.0 Å². The summed E-state index contributed by atoms with van der Waals surface area (Å²) in [6.07, 6.45) is 6.92.